The maximum atomic E-state index is 12.0. The number of pyridine rings is 1. The molecule has 0 saturated heterocycles. The van der Waals surface area contributed by atoms with Gasteiger partial charge in [0.25, 0.3) is 5.56 Å². The van der Waals surface area contributed by atoms with Gasteiger partial charge in [0.05, 0.1) is 16.7 Å². The van der Waals surface area contributed by atoms with Crippen molar-refractivity contribution >= 4 is 21.6 Å². The van der Waals surface area contributed by atoms with Gasteiger partial charge in [-0.1, -0.05) is 0 Å². The molecule has 0 atom stereocenters. The van der Waals surface area contributed by atoms with E-state index in [9.17, 15) is 4.79 Å². The van der Waals surface area contributed by atoms with Gasteiger partial charge in [0.15, 0.2) is 0 Å². The van der Waals surface area contributed by atoms with Gasteiger partial charge in [-0.25, -0.2) is 9.97 Å². The summed E-state index contributed by atoms with van der Waals surface area (Å²) in [7, 11) is 0. The summed E-state index contributed by atoms with van der Waals surface area (Å²) < 4.78 is 1.97. The Kier molecular flexibility index (Phi) is 3.23. The van der Waals surface area contributed by atoms with E-state index >= 15 is 0 Å². The molecule has 0 aliphatic rings. The molecule has 0 radical (unpaired) electrons. The van der Waals surface area contributed by atoms with Gasteiger partial charge in [0.2, 0.25) is 0 Å². The van der Waals surface area contributed by atoms with Crippen molar-refractivity contribution < 1.29 is 0 Å². The molecule has 2 N–H and O–H groups in total. The van der Waals surface area contributed by atoms with E-state index in [0.717, 1.165) is 5.56 Å². The van der Waals surface area contributed by atoms with Crippen LogP contribution in [0.1, 0.15) is 11.4 Å². The number of halogens is 1. The summed E-state index contributed by atoms with van der Waals surface area (Å²) in [6, 6.07) is 1.73. The molecule has 0 aromatic carbocycles. The summed E-state index contributed by atoms with van der Waals surface area (Å²) in [5, 5.41) is 0. The van der Waals surface area contributed by atoms with Crippen LogP contribution in [0.4, 0.5) is 5.69 Å². The lowest BCUT2D eigenvalue weighted by molar-refractivity contribution is 0.711. The van der Waals surface area contributed by atoms with Crippen LogP contribution in [0.15, 0.2) is 33.9 Å². The lowest BCUT2D eigenvalue weighted by Crippen LogP contribution is -2.23. The molecular weight excluding hydrogens is 284 g/mol. The Morgan fingerprint density at radius 2 is 2.06 bits per heavy atom. The first kappa shape index (κ1) is 11.8. The number of nitrogens with two attached hydrogens (primary N) is 1. The van der Waals surface area contributed by atoms with Gasteiger partial charge >= 0.3 is 0 Å². The number of rotatable bonds is 2. The van der Waals surface area contributed by atoms with Gasteiger partial charge in [-0.2, -0.15) is 0 Å². The molecule has 0 unspecified atom stereocenters. The SMILES string of the molecule is Cc1c(N)cn(Cc2ncccn2)c(=O)c1Br. The number of hydrogen-bond donors (Lipinski definition) is 1. The highest BCUT2D eigenvalue weighted by atomic mass is 79.9. The van der Waals surface area contributed by atoms with Crippen molar-refractivity contribution in [1.82, 2.24) is 14.5 Å². The first-order valence-corrected chi connectivity index (χ1v) is 5.80. The molecule has 17 heavy (non-hydrogen) atoms. The Balaban J connectivity index is 2.44. The fourth-order valence-electron chi connectivity index (χ4n) is 1.42. The van der Waals surface area contributed by atoms with E-state index in [4.69, 9.17) is 5.73 Å². The molecule has 88 valence electrons. The number of aromatic nitrogens is 3. The van der Waals surface area contributed by atoms with Crippen molar-refractivity contribution in [3.63, 3.8) is 0 Å². The Bertz CT molecular complexity index is 594. The molecule has 0 saturated carbocycles. The zero-order chi connectivity index (χ0) is 12.4. The van der Waals surface area contributed by atoms with E-state index in [2.05, 4.69) is 25.9 Å². The molecule has 2 rings (SSSR count). The number of hydrogen-bond acceptors (Lipinski definition) is 4. The minimum Gasteiger partial charge on any atom is -0.397 e. The monoisotopic (exact) mass is 294 g/mol. The first-order chi connectivity index (χ1) is 8.09. The highest BCUT2D eigenvalue weighted by molar-refractivity contribution is 9.10. The van der Waals surface area contributed by atoms with Gasteiger partial charge in [-0.05, 0) is 34.5 Å². The van der Waals surface area contributed by atoms with Crippen LogP contribution in [0.25, 0.3) is 0 Å². The van der Waals surface area contributed by atoms with Crippen molar-refractivity contribution in [2.75, 3.05) is 5.73 Å². The lowest BCUT2D eigenvalue weighted by atomic mass is 10.2. The molecule has 0 amide bonds. The molecule has 2 aromatic heterocycles. The van der Waals surface area contributed by atoms with Crippen LogP contribution in [-0.4, -0.2) is 14.5 Å². The average molecular weight is 295 g/mol. The van der Waals surface area contributed by atoms with E-state index in [0.29, 0.717) is 22.5 Å². The van der Waals surface area contributed by atoms with Gasteiger partial charge in [-0.3, -0.25) is 4.79 Å². The van der Waals surface area contributed by atoms with Gasteiger partial charge in [-0.15, -0.1) is 0 Å². The van der Waals surface area contributed by atoms with E-state index in [1.165, 1.54) is 4.57 Å². The molecule has 0 fully saturated rings. The summed E-state index contributed by atoms with van der Waals surface area (Å²) in [5.74, 6) is 0.574. The van der Waals surface area contributed by atoms with Crippen molar-refractivity contribution in [3.8, 4) is 0 Å². The second-order valence-corrected chi connectivity index (χ2v) is 4.41. The number of anilines is 1. The highest BCUT2D eigenvalue weighted by Gasteiger charge is 2.09. The third-order valence-corrected chi connectivity index (χ3v) is 3.37. The Morgan fingerprint density at radius 1 is 1.41 bits per heavy atom. The third kappa shape index (κ3) is 2.36. The maximum Gasteiger partial charge on any atom is 0.265 e. The summed E-state index contributed by atoms with van der Waals surface area (Å²) in [6.07, 6.45) is 4.89. The Labute approximate surface area is 106 Å². The van der Waals surface area contributed by atoms with Crippen LogP contribution in [-0.2, 0) is 6.54 Å². The van der Waals surface area contributed by atoms with Crippen molar-refractivity contribution in [3.05, 3.63) is 50.9 Å². The van der Waals surface area contributed by atoms with Crippen molar-refractivity contribution in [2.24, 2.45) is 0 Å². The normalized spacial score (nSPS) is 10.5. The van der Waals surface area contributed by atoms with Crippen molar-refractivity contribution in [1.29, 1.82) is 0 Å². The Morgan fingerprint density at radius 3 is 2.71 bits per heavy atom. The smallest absolute Gasteiger partial charge is 0.265 e. The molecule has 0 spiro atoms. The second-order valence-electron chi connectivity index (χ2n) is 3.62. The van der Waals surface area contributed by atoms with Crippen LogP contribution in [0.2, 0.25) is 0 Å². The van der Waals surface area contributed by atoms with Crippen LogP contribution < -0.4 is 11.3 Å². The minimum absolute atomic E-state index is 0.135. The molecule has 0 aliphatic carbocycles. The molecular formula is C11H11BrN4O. The topological polar surface area (TPSA) is 73.8 Å². The largest absolute Gasteiger partial charge is 0.397 e. The molecule has 5 nitrogen and oxygen atoms in total. The van der Waals surface area contributed by atoms with Gasteiger partial charge in [0.1, 0.15) is 5.82 Å². The third-order valence-electron chi connectivity index (χ3n) is 2.44. The molecule has 6 heteroatoms. The highest BCUT2D eigenvalue weighted by Crippen LogP contribution is 2.17. The number of nitrogen functional groups attached to an aromatic ring is 1. The van der Waals surface area contributed by atoms with Crippen LogP contribution in [0, 0.1) is 6.92 Å². The van der Waals surface area contributed by atoms with Crippen molar-refractivity contribution in [2.45, 2.75) is 13.5 Å². The minimum atomic E-state index is -0.135. The Hall–Kier alpha value is -1.69. The van der Waals surface area contributed by atoms with E-state index in [-0.39, 0.29) is 5.56 Å². The quantitative estimate of drug-likeness (QED) is 0.907. The zero-order valence-electron chi connectivity index (χ0n) is 9.22. The van der Waals surface area contributed by atoms with E-state index in [1.54, 1.807) is 31.6 Å². The van der Waals surface area contributed by atoms with E-state index in [1.807, 2.05) is 0 Å². The fraction of sp³-hybridized carbons (Fsp3) is 0.182. The van der Waals surface area contributed by atoms with Crippen LogP contribution in [0.5, 0.6) is 0 Å². The molecule has 0 bridgehead atoms. The maximum absolute atomic E-state index is 12.0. The van der Waals surface area contributed by atoms with Gasteiger partial charge < -0.3 is 10.3 Å². The van der Waals surface area contributed by atoms with Crippen LogP contribution >= 0.6 is 15.9 Å². The second kappa shape index (κ2) is 4.67. The summed E-state index contributed by atoms with van der Waals surface area (Å²) >= 11 is 3.24. The predicted octanol–water partition coefficient (Wildman–Crippen LogP) is 1.34. The predicted molar refractivity (Wildman–Crippen MR) is 68.7 cm³/mol. The molecule has 0 aliphatic heterocycles. The fourth-order valence-corrected chi connectivity index (χ4v) is 1.87. The van der Waals surface area contributed by atoms with Gasteiger partial charge in [0, 0.05) is 18.6 Å². The molecule has 2 heterocycles. The first-order valence-electron chi connectivity index (χ1n) is 5.00. The van der Waals surface area contributed by atoms with Crippen LogP contribution in [0.3, 0.4) is 0 Å². The molecule has 2 aromatic rings. The summed E-state index contributed by atoms with van der Waals surface area (Å²) in [4.78, 5) is 20.1. The summed E-state index contributed by atoms with van der Waals surface area (Å²) in [6.45, 7) is 2.10. The average Bonchev–Trinajstić information content (AvgIpc) is 2.35. The zero-order valence-corrected chi connectivity index (χ0v) is 10.8. The summed E-state index contributed by atoms with van der Waals surface area (Å²) in [5.41, 5.74) is 6.99. The van der Waals surface area contributed by atoms with E-state index < -0.39 is 0 Å². The standard InChI is InChI=1S/C11H11BrN4O/c1-7-8(13)5-16(11(17)10(7)12)6-9-14-3-2-4-15-9/h2-5H,6,13H2,1H3. The lowest BCUT2D eigenvalue weighted by Gasteiger charge is -2.09. The number of nitrogens with zero attached hydrogens (tertiary/aromatic N) is 3.